The van der Waals surface area contributed by atoms with Gasteiger partial charge in [0.2, 0.25) is 0 Å². The lowest BCUT2D eigenvalue weighted by Gasteiger charge is -2.17. The van der Waals surface area contributed by atoms with Gasteiger partial charge in [0, 0.05) is 14.9 Å². The first-order chi connectivity index (χ1) is 8.97. The number of aryl methyl sites for hydroxylation is 1. The average molecular weight is 384 g/mol. The van der Waals surface area contributed by atoms with Crippen molar-refractivity contribution in [2.45, 2.75) is 13.0 Å². The highest BCUT2D eigenvalue weighted by Crippen LogP contribution is 2.38. The minimum absolute atomic E-state index is 0.0298. The molecule has 1 unspecified atom stereocenters. The van der Waals surface area contributed by atoms with Gasteiger partial charge in [-0.1, -0.05) is 29.3 Å². The first-order valence-electron chi connectivity index (χ1n) is 5.30. The summed E-state index contributed by atoms with van der Waals surface area (Å²) in [6.45, 7) is 1.89. The Hall–Kier alpha value is -0.170. The molecule has 102 valence electrons. The number of rotatable bonds is 3. The van der Waals surface area contributed by atoms with Crippen molar-refractivity contribution in [2.75, 3.05) is 0 Å². The third kappa shape index (κ3) is 2.82. The Morgan fingerprint density at radius 3 is 2.58 bits per heavy atom. The van der Waals surface area contributed by atoms with Gasteiger partial charge in [-0.2, -0.15) is 0 Å². The Kier molecular flexibility index (Phi) is 4.87. The molecule has 1 atom stereocenters. The molecular formula is C12H10BrCl2FN2S. The molecule has 0 spiro atoms. The molecule has 7 heteroatoms. The molecule has 0 aliphatic heterocycles. The van der Waals surface area contributed by atoms with Gasteiger partial charge in [-0.25, -0.2) is 9.82 Å². The molecule has 0 saturated carbocycles. The molecular weight excluding hydrogens is 374 g/mol. The third-order valence-corrected chi connectivity index (χ3v) is 5.77. The normalized spacial score (nSPS) is 12.7. The molecule has 0 bridgehead atoms. The highest BCUT2D eigenvalue weighted by molar-refractivity contribution is 9.10. The zero-order chi connectivity index (χ0) is 14.2. The van der Waals surface area contributed by atoms with Gasteiger partial charge in [0.05, 0.1) is 16.1 Å². The van der Waals surface area contributed by atoms with E-state index in [-0.39, 0.29) is 5.02 Å². The summed E-state index contributed by atoms with van der Waals surface area (Å²) in [6, 6.07) is 2.78. The second-order valence-corrected chi connectivity index (χ2v) is 6.48. The van der Waals surface area contributed by atoms with Gasteiger partial charge in [-0.05, 0) is 39.9 Å². The van der Waals surface area contributed by atoms with Gasteiger partial charge in [-0.15, -0.1) is 11.3 Å². The van der Waals surface area contributed by atoms with Gasteiger partial charge in [-0.3, -0.25) is 5.84 Å². The summed E-state index contributed by atoms with van der Waals surface area (Å²) in [5.74, 6) is 5.04. The summed E-state index contributed by atoms with van der Waals surface area (Å²) >= 11 is 16.7. The summed E-state index contributed by atoms with van der Waals surface area (Å²) in [4.78, 5) is 0.763. The van der Waals surface area contributed by atoms with Crippen LogP contribution in [0, 0.1) is 12.7 Å². The number of hydrazine groups is 1. The molecule has 1 aromatic carbocycles. The van der Waals surface area contributed by atoms with Crippen LogP contribution in [0.15, 0.2) is 22.0 Å². The van der Waals surface area contributed by atoms with Crippen LogP contribution in [0.1, 0.15) is 22.0 Å². The maximum atomic E-state index is 14.2. The van der Waals surface area contributed by atoms with Gasteiger partial charge in [0.15, 0.2) is 0 Å². The summed E-state index contributed by atoms with van der Waals surface area (Å²) in [5, 5.41) is 2.52. The largest absolute Gasteiger partial charge is 0.271 e. The van der Waals surface area contributed by atoms with E-state index >= 15 is 0 Å². The first kappa shape index (κ1) is 15.2. The van der Waals surface area contributed by atoms with Gasteiger partial charge in [0.25, 0.3) is 0 Å². The Balaban J connectivity index is 2.55. The summed E-state index contributed by atoms with van der Waals surface area (Å²) < 4.78 is 14.7. The van der Waals surface area contributed by atoms with E-state index in [1.165, 1.54) is 11.3 Å². The number of thiophene rings is 1. The zero-order valence-corrected chi connectivity index (χ0v) is 13.7. The molecule has 2 nitrogen and oxygen atoms in total. The number of nitrogens with two attached hydrogens (primary N) is 1. The van der Waals surface area contributed by atoms with E-state index < -0.39 is 11.9 Å². The lowest BCUT2D eigenvalue weighted by molar-refractivity contribution is 0.564. The zero-order valence-electron chi connectivity index (χ0n) is 9.81. The van der Waals surface area contributed by atoms with E-state index in [0.717, 1.165) is 10.4 Å². The average Bonchev–Trinajstić information content (AvgIpc) is 2.72. The predicted octanol–water partition coefficient (Wildman–Crippen LogP) is 4.82. The van der Waals surface area contributed by atoms with Crippen LogP contribution in [0.4, 0.5) is 4.39 Å². The van der Waals surface area contributed by atoms with Gasteiger partial charge in [0.1, 0.15) is 5.82 Å². The Morgan fingerprint density at radius 1 is 1.37 bits per heavy atom. The van der Waals surface area contributed by atoms with Crippen molar-refractivity contribution in [1.29, 1.82) is 0 Å². The van der Waals surface area contributed by atoms with Gasteiger partial charge >= 0.3 is 0 Å². The fourth-order valence-electron chi connectivity index (χ4n) is 1.71. The molecule has 1 heterocycles. The van der Waals surface area contributed by atoms with E-state index in [2.05, 4.69) is 21.4 Å². The van der Waals surface area contributed by atoms with Crippen molar-refractivity contribution < 1.29 is 4.39 Å². The maximum absolute atomic E-state index is 14.2. The van der Waals surface area contributed by atoms with Crippen LogP contribution in [0.5, 0.6) is 0 Å². The van der Waals surface area contributed by atoms with E-state index in [9.17, 15) is 4.39 Å². The highest BCUT2D eigenvalue weighted by Gasteiger charge is 2.23. The Bertz CT molecular complexity index is 618. The molecule has 3 N–H and O–H groups in total. The maximum Gasteiger partial charge on any atom is 0.148 e. The van der Waals surface area contributed by atoms with Crippen molar-refractivity contribution in [3.05, 3.63) is 53.9 Å². The SMILES string of the molecule is Cc1csc(C(NN)c2ccc(Br)c(Cl)c2F)c1Cl. The minimum atomic E-state index is -0.531. The highest BCUT2D eigenvalue weighted by atomic mass is 79.9. The van der Waals surface area contributed by atoms with Crippen LogP contribution in [0.25, 0.3) is 0 Å². The molecule has 0 saturated heterocycles. The summed E-state index contributed by atoms with van der Waals surface area (Å²) in [5.41, 5.74) is 3.88. The van der Waals surface area contributed by atoms with E-state index in [1.807, 2.05) is 12.3 Å². The molecule has 1 aromatic heterocycles. The quantitative estimate of drug-likeness (QED) is 0.453. The Labute approximate surface area is 132 Å². The van der Waals surface area contributed by atoms with Crippen molar-refractivity contribution in [1.82, 2.24) is 5.43 Å². The van der Waals surface area contributed by atoms with Crippen LogP contribution < -0.4 is 11.3 Å². The van der Waals surface area contributed by atoms with Crippen molar-refractivity contribution in [3.63, 3.8) is 0 Å². The third-order valence-electron chi connectivity index (χ3n) is 2.73. The topological polar surface area (TPSA) is 38.0 Å². The number of hydrogen-bond acceptors (Lipinski definition) is 3. The second-order valence-electron chi connectivity index (χ2n) is 3.96. The fraction of sp³-hybridized carbons (Fsp3) is 0.167. The Morgan fingerprint density at radius 2 is 2.05 bits per heavy atom. The molecule has 0 radical (unpaired) electrons. The van der Waals surface area contributed by atoms with Crippen molar-refractivity contribution in [2.24, 2.45) is 5.84 Å². The predicted molar refractivity (Wildman–Crippen MR) is 82.3 cm³/mol. The van der Waals surface area contributed by atoms with Gasteiger partial charge < -0.3 is 0 Å². The molecule has 19 heavy (non-hydrogen) atoms. The smallest absolute Gasteiger partial charge is 0.148 e. The molecule has 2 rings (SSSR count). The van der Waals surface area contributed by atoms with Crippen molar-refractivity contribution in [3.8, 4) is 0 Å². The minimum Gasteiger partial charge on any atom is -0.271 e. The van der Waals surface area contributed by atoms with E-state index in [1.54, 1.807) is 12.1 Å². The fourth-order valence-corrected chi connectivity index (χ4v) is 3.57. The lowest BCUT2D eigenvalue weighted by Crippen LogP contribution is -2.29. The molecule has 0 fully saturated rings. The number of hydrogen-bond donors (Lipinski definition) is 2. The molecule has 0 amide bonds. The van der Waals surface area contributed by atoms with Crippen LogP contribution in [-0.2, 0) is 0 Å². The van der Waals surface area contributed by atoms with Crippen molar-refractivity contribution >= 4 is 50.5 Å². The molecule has 2 aromatic rings. The standard InChI is InChI=1S/C12H10BrCl2FN2S/c1-5-4-19-12(8(5)14)11(18-17)6-2-3-7(13)9(15)10(6)16/h2-4,11,18H,17H2,1H3. The number of benzene rings is 1. The summed E-state index contributed by atoms with van der Waals surface area (Å²) in [7, 11) is 0. The number of halogens is 4. The van der Waals surface area contributed by atoms with E-state index in [0.29, 0.717) is 15.1 Å². The summed E-state index contributed by atoms with van der Waals surface area (Å²) in [6.07, 6.45) is 0. The first-order valence-corrected chi connectivity index (χ1v) is 7.73. The molecule has 0 aliphatic carbocycles. The second kappa shape index (κ2) is 6.08. The van der Waals surface area contributed by atoms with Crippen LogP contribution >= 0.6 is 50.5 Å². The van der Waals surface area contributed by atoms with E-state index in [4.69, 9.17) is 29.0 Å². The van der Waals surface area contributed by atoms with Crippen LogP contribution in [-0.4, -0.2) is 0 Å². The van der Waals surface area contributed by atoms with Crippen LogP contribution in [0.2, 0.25) is 10.0 Å². The lowest BCUT2D eigenvalue weighted by atomic mass is 10.0. The van der Waals surface area contributed by atoms with Crippen LogP contribution in [0.3, 0.4) is 0 Å². The molecule has 0 aliphatic rings. The monoisotopic (exact) mass is 382 g/mol. The number of nitrogens with one attached hydrogen (secondary N) is 1.